The zero-order valence-electron chi connectivity index (χ0n) is 16.9. The van der Waals surface area contributed by atoms with Gasteiger partial charge < -0.3 is 18.8 Å². The molecule has 1 saturated heterocycles. The summed E-state index contributed by atoms with van der Waals surface area (Å²) in [6.07, 6.45) is 1.69. The first-order chi connectivity index (χ1) is 13.8. The van der Waals surface area contributed by atoms with Crippen LogP contribution in [0.3, 0.4) is 0 Å². The standard InChI is InChI=1S/C20H26N2O6S/c1-15-19(29(24,25)22-10-6-7-11-22)14-18(28-15)20(23)21(2)12-13-27-17-9-5-4-8-16(17)26-3/h4-5,8-9,14H,6-7,10-13H2,1-3H3. The van der Waals surface area contributed by atoms with Gasteiger partial charge in [-0.2, -0.15) is 4.31 Å². The number of aryl methyl sites for hydroxylation is 1. The number of para-hydroxylation sites is 2. The second kappa shape index (κ2) is 8.87. The number of benzene rings is 1. The Kier molecular flexibility index (Phi) is 6.49. The van der Waals surface area contributed by atoms with Crippen LogP contribution in [0.4, 0.5) is 0 Å². The van der Waals surface area contributed by atoms with E-state index < -0.39 is 15.9 Å². The van der Waals surface area contributed by atoms with Crippen molar-refractivity contribution in [1.82, 2.24) is 9.21 Å². The number of hydrogen-bond donors (Lipinski definition) is 0. The molecule has 0 aliphatic carbocycles. The zero-order valence-corrected chi connectivity index (χ0v) is 17.7. The summed E-state index contributed by atoms with van der Waals surface area (Å²) >= 11 is 0. The maximum atomic E-state index is 12.8. The van der Waals surface area contributed by atoms with E-state index in [4.69, 9.17) is 13.9 Å². The van der Waals surface area contributed by atoms with Crippen LogP contribution < -0.4 is 9.47 Å². The molecule has 158 valence electrons. The molecule has 29 heavy (non-hydrogen) atoms. The molecule has 1 aliphatic heterocycles. The van der Waals surface area contributed by atoms with Gasteiger partial charge in [0.05, 0.1) is 13.7 Å². The number of likely N-dealkylation sites (N-methyl/N-ethyl adjacent to an activating group) is 1. The molecule has 1 aromatic heterocycles. The number of amides is 1. The van der Waals surface area contributed by atoms with Crippen LogP contribution in [-0.2, 0) is 10.0 Å². The molecular formula is C20H26N2O6S. The Morgan fingerprint density at radius 1 is 1.21 bits per heavy atom. The largest absolute Gasteiger partial charge is 0.493 e. The Hall–Kier alpha value is -2.52. The molecule has 0 bridgehead atoms. The minimum atomic E-state index is -3.64. The van der Waals surface area contributed by atoms with Crippen molar-refractivity contribution in [2.45, 2.75) is 24.7 Å². The van der Waals surface area contributed by atoms with Crippen molar-refractivity contribution >= 4 is 15.9 Å². The molecule has 0 unspecified atom stereocenters. The van der Waals surface area contributed by atoms with Gasteiger partial charge in [-0.15, -0.1) is 0 Å². The molecular weight excluding hydrogens is 396 g/mol. The fourth-order valence-electron chi connectivity index (χ4n) is 3.21. The molecule has 2 heterocycles. The van der Waals surface area contributed by atoms with Crippen molar-refractivity contribution in [1.29, 1.82) is 0 Å². The smallest absolute Gasteiger partial charge is 0.289 e. The second-order valence-electron chi connectivity index (χ2n) is 6.87. The van der Waals surface area contributed by atoms with Gasteiger partial charge in [0.25, 0.3) is 5.91 Å². The Bertz CT molecular complexity index is 963. The summed E-state index contributed by atoms with van der Waals surface area (Å²) in [5, 5.41) is 0. The third kappa shape index (κ3) is 4.56. The number of sulfonamides is 1. The van der Waals surface area contributed by atoms with Gasteiger partial charge in [0.2, 0.25) is 10.0 Å². The van der Waals surface area contributed by atoms with Gasteiger partial charge in [-0.3, -0.25) is 4.79 Å². The first-order valence-corrected chi connectivity index (χ1v) is 10.9. The minimum absolute atomic E-state index is 0.0000589. The summed E-state index contributed by atoms with van der Waals surface area (Å²) in [6.45, 7) is 3.10. The first kappa shape index (κ1) is 21.2. The molecule has 3 rings (SSSR count). The summed E-state index contributed by atoms with van der Waals surface area (Å²) < 4.78 is 43.4. The highest BCUT2D eigenvalue weighted by Gasteiger charge is 2.32. The molecule has 0 atom stereocenters. The SMILES string of the molecule is COc1ccccc1OCCN(C)C(=O)c1cc(S(=O)(=O)N2CCCC2)c(C)o1. The summed E-state index contributed by atoms with van der Waals surface area (Å²) in [6, 6.07) is 8.57. The third-order valence-corrected chi connectivity index (χ3v) is 6.87. The van der Waals surface area contributed by atoms with Crippen molar-refractivity contribution in [3.05, 3.63) is 41.9 Å². The molecule has 1 aromatic carbocycles. The number of ether oxygens (including phenoxy) is 2. The third-order valence-electron chi connectivity index (χ3n) is 4.87. The van der Waals surface area contributed by atoms with Gasteiger partial charge >= 0.3 is 0 Å². The summed E-state index contributed by atoms with van der Waals surface area (Å²) in [5.74, 6) is 1.02. The number of rotatable bonds is 8. The molecule has 0 saturated carbocycles. The van der Waals surface area contributed by atoms with E-state index >= 15 is 0 Å². The normalized spacial score (nSPS) is 14.7. The molecule has 8 nitrogen and oxygen atoms in total. The van der Waals surface area contributed by atoms with E-state index in [1.54, 1.807) is 33.2 Å². The van der Waals surface area contributed by atoms with Gasteiger partial charge in [-0.25, -0.2) is 8.42 Å². The highest BCUT2D eigenvalue weighted by Crippen LogP contribution is 2.27. The average Bonchev–Trinajstić information content (AvgIpc) is 3.38. The van der Waals surface area contributed by atoms with E-state index in [2.05, 4.69) is 0 Å². The molecule has 1 fully saturated rings. The predicted molar refractivity (Wildman–Crippen MR) is 107 cm³/mol. The zero-order chi connectivity index (χ0) is 21.0. The topological polar surface area (TPSA) is 89.3 Å². The van der Waals surface area contributed by atoms with Crippen molar-refractivity contribution in [3.63, 3.8) is 0 Å². The number of methoxy groups -OCH3 is 1. The Morgan fingerprint density at radius 3 is 2.52 bits per heavy atom. The number of furan rings is 1. The fraction of sp³-hybridized carbons (Fsp3) is 0.450. The van der Waals surface area contributed by atoms with Gasteiger partial charge in [0.1, 0.15) is 17.3 Å². The van der Waals surface area contributed by atoms with E-state index in [1.165, 1.54) is 15.3 Å². The molecule has 1 amide bonds. The van der Waals surface area contributed by atoms with Crippen LogP contribution in [0.1, 0.15) is 29.2 Å². The van der Waals surface area contributed by atoms with Crippen molar-refractivity contribution in [2.24, 2.45) is 0 Å². The van der Waals surface area contributed by atoms with Crippen LogP contribution in [-0.4, -0.2) is 63.9 Å². The lowest BCUT2D eigenvalue weighted by molar-refractivity contribution is 0.0740. The lowest BCUT2D eigenvalue weighted by atomic mass is 10.3. The average molecular weight is 423 g/mol. The Balaban J connectivity index is 1.64. The number of nitrogens with zero attached hydrogens (tertiary/aromatic N) is 2. The van der Waals surface area contributed by atoms with E-state index in [-0.39, 0.29) is 23.0 Å². The number of carbonyl (C=O) groups is 1. The van der Waals surface area contributed by atoms with Crippen LogP contribution >= 0.6 is 0 Å². The molecule has 0 radical (unpaired) electrons. The van der Waals surface area contributed by atoms with Gasteiger partial charge in [0.15, 0.2) is 17.3 Å². The van der Waals surface area contributed by atoms with Crippen LogP contribution in [0.15, 0.2) is 39.6 Å². The maximum Gasteiger partial charge on any atom is 0.289 e. The molecule has 0 spiro atoms. The predicted octanol–water partition coefficient (Wildman–Crippen LogP) is 2.53. The highest BCUT2D eigenvalue weighted by molar-refractivity contribution is 7.89. The van der Waals surface area contributed by atoms with Crippen LogP contribution in [0.5, 0.6) is 11.5 Å². The molecule has 9 heteroatoms. The lowest BCUT2D eigenvalue weighted by Gasteiger charge is -2.17. The van der Waals surface area contributed by atoms with E-state index in [0.29, 0.717) is 31.1 Å². The highest BCUT2D eigenvalue weighted by atomic mass is 32.2. The van der Waals surface area contributed by atoms with Gasteiger partial charge in [-0.1, -0.05) is 12.1 Å². The molecule has 1 aliphatic rings. The van der Waals surface area contributed by atoms with E-state index in [0.717, 1.165) is 12.8 Å². The lowest BCUT2D eigenvalue weighted by Crippen LogP contribution is -2.30. The monoisotopic (exact) mass is 422 g/mol. The van der Waals surface area contributed by atoms with Crippen molar-refractivity contribution in [2.75, 3.05) is 40.4 Å². The second-order valence-corrected chi connectivity index (χ2v) is 8.77. The van der Waals surface area contributed by atoms with Crippen LogP contribution in [0.25, 0.3) is 0 Å². The quantitative estimate of drug-likeness (QED) is 0.650. The number of carbonyl (C=O) groups excluding carboxylic acids is 1. The molecule has 0 N–H and O–H groups in total. The van der Waals surface area contributed by atoms with Gasteiger partial charge in [-0.05, 0) is 31.9 Å². The Labute approximate surface area is 171 Å². The maximum absolute atomic E-state index is 12.8. The Morgan fingerprint density at radius 2 is 1.86 bits per heavy atom. The number of hydrogen-bond acceptors (Lipinski definition) is 6. The fourth-order valence-corrected chi connectivity index (χ4v) is 4.89. The summed E-state index contributed by atoms with van der Waals surface area (Å²) in [5.41, 5.74) is 0. The molecule has 2 aromatic rings. The van der Waals surface area contributed by atoms with Crippen LogP contribution in [0, 0.1) is 6.92 Å². The summed E-state index contributed by atoms with van der Waals surface area (Å²) in [4.78, 5) is 14.2. The van der Waals surface area contributed by atoms with Crippen molar-refractivity contribution < 1.29 is 27.1 Å². The van der Waals surface area contributed by atoms with E-state index in [1.807, 2.05) is 12.1 Å². The summed E-state index contributed by atoms with van der Waals surface area (Å²) in [7, 11) is -0.466. The van der Waals surface area contributed by atoms with Crippen LogP contribution in [0.2, 0.25) is 0 Å². The van der Waals surface area contributed by atoms with Crippen molar-refractivity contribution in [3.8, 4) is 11.5 Å². The first-order valence-electron chi connectivity index (χ1n) is 9.46. The van der Waals surface area contributed by atoms with E-state index in [9.17, 15) is 13.2 Å². The van der Waals surface area contributed by atoms with Gasteiger partial charge in [0, 0.05) is 26.2 Å². The minimum Gasteiger partial charge on any atom is -0.493 e.